The minimum absolute atomic E-state index is 0.516. The van der Waals surface area contributed by atoms with Crippen LogP contribution >= 0.6 is 11.8 Å². The highest BCUT2D eigenvalue weighted by atomic mass is 32.2. The van der Waals surface area contributed by atoms with Gasteiger partial charge in [-0.25, -0.2) is 15.0 Å². The summed E-state index contributed by atoms with van der Waals surface area (Å²) in [6.45, 7) is 0. The Bertz CT molecular complexity index is 3110. The van der Waals surface area contributed by atoms with Gasteiger partial charge in [0.1, 0.15) is 11.2 Å². The van der Waals surface area contributed by atoms with Crippen LogP contribution in [0.1, 0.15) is 22.3 Å². The first-order valence-electron chi connectivity index (χ1n) is 19.2. The molecule has 1 aliphatic carbocycles. The van der Waals surface area contributed by atoms with Crippen LogP contribution in [0, 0.1) is 0 Å². The molecule has 266 valence electrons. The molecule has 0 unspecified atom stereocenters. The monoisotopic (exact) mass is 745 g/mol. The smallest absolute Gasteiger partial charge is 0.164 e. The molecule has 5 heteroatoms. The fraction of sp³-hybridized carbons (Fsp3) is 0.0192. The van der Waals surface area contributed by atoms with Crippen molar-refractivity contribution in [1.29, 1.82) is 0 Å². The highest BCUT2D eigenvalue weighted by Crippen LogP contribution is 2.64. The lowest BCUT2D eigenvalue weighted by molar-refractivity contribution is 0.668. The van der Waals surface area contributed by atoms with Gasteiger partial charge < -0.3 is 4.42 Å². The molecule has 10 aromatic rings. The largest absolute Gasteiger partial charge is 0.456 e. The summed E-state index contributed by atoms with van der Waals surface area (Å²) in [6, 6.07) is 66.8. The van der Waals surface area contributed by atoms with E-state index in [-0.39, 0.29) is 0 Å². The van der Waals surface area contributed by atoms with Crippen LogP contribution in [0.4, 0.5) is 0 Å². The Hall–Kier alpha value is -7.08. The average molecular weight is 746 g/mol. The molecule has 8 aromatic carbocycles. The normalized spacial score (nSPS) is 13.3. The predicted molar refractivity (Wildman–Crippen MR) is 230 cm³/mol. The van der Waals surface area contributed by atoms with Gasteiger partial charge in [0.05, 0.1) is 5.41 Å². The molecule has 0 radical (unpaired) electrons. The predicted octanol–water partition coefficient (Wildman–Crippen LogP) is 13.3. The quantitative estimate of drug-likeness (QED) is 0.180. The third-order valence-corrected chi connectivity index (χ3v) is 12.8. The fourth-order valence-corrected chi connectivity index (χ4v) is 10.3. The Balaban J connectivity index is 1.05. The van der Waals surface area contributed by atoms with Gasteiger partial charge in [-0.2, -0.15) is 0 Å². The van der Waals surface area contributed by atoms with E-state index in [2.05, 4.69) is 121 Å². The second kappa shape index (κ2) is 12.5. The summed E-state index contributed by atoms with van der Waals surface area (Å²) in [5.41, 5.74) is 14.1. The number of benzene rings is 8. The van der Waals surface area contributed by atoms with E-state index in [1.54, 1.807) is 0 Å². The molecule has 0 saturated carbocycles. The maximum atomic E-state index is 6.49. The molecule has 1 aliphatic heterocycles. The van der Waals surface area contributed by atoms with E-state index in [1.807, 2.05) is 78.5 Å². The summed E-state index contributed by atoms with van der Waals surface area (Å²) in [5, 5.41) is 2.32. The van der Waals surface area contributed by atoms with Gasteiger partial charge in [-0.3, -0.25) is 0 Å². The Morgan fingerprint density at radius 1 is 0.386 bits per heavy atom. The van der Waals surface area contributed by atoms with E-state index in [1.165, 1.54) is 48.6 Å². The molecule has 0 N–H and O–H groups in total. The summed E-state index contributed by atoms with van der Waals surface area (Å²) >= 11 is 1.86. The number of nitrogens with zero attached hydrogens (tertiary/aromatic N) is 3. The van der Waals surface area contributed by atoms with Gasteiger partial charge in [0.2, 0.25) is 0 Å². The van der Waals surface area contributed by atoms with E-state index >= 15 is 0 Å². The summed E-state index contributed by atoms with van der Waals surface area (Å²) in [7, 11) is 0. The van der Waals surface area contributed by atoms with Gasteiger partial charge in [-0.1, -0.05) is 169 Å². The lowest BCUT2D eigenvalue weighted by atomic mass is 9.67. The van der Waals surface area contributed by atoms with Gasteiger partial charge in [0.15, 0.2) is 17.5 Å². The van der Waals surface area contributed by atoms with Crippen molar-refractivity contribution in [2.24, 2.45) is 0 Å². The number of fused-ring (bicyclic) bond motifs is 13. The first-order valence-corrected chi connectivity index (χ1v) is 20.0. The summed E-state index contributed by atoms with van der Waals surface area (Å²) in [4.78, 5) is 17.4. The molecule has 12 rings (SSSR count). The average Bonchev–Trinajstić information content (AvgIpc) is 3.80. The highest BCUT2D eigenvalue weighted by Gasteiger charge is 2.51. The maximum Gasteiger partial charge on any atom is 0.164 e. The van der Waals surface area contributed by atoms with Crippen LogP contribution in [0.3, 0.4) is 0 Å². The van der Waals surface area contributed by atoms with Gasteiger partial charge >= 0.3 is 0 Å². The standard InChI is InChI=1S/C52H31N3OS/c1-3-13-33(14-4-1)49-53-50(34-15-5-2-6-16-34)55-51(54-49)35-25-23-32(24-26-35)36-27-28-37-42(31-36)52(39-18-8-11-21-45(39)57-46-22-12-9-19-40(46)52)41-29-30-44-48(47(37)41)38-17-7-10-20-43(38)56-44/h1-31H. The molecule has 57 heavy (non-hydrogen) atoms. The minimum Gasteiger partial charge on any atom is -0.456 e. The van der Waals surface area contributed by atoms with Crippen molar-refractivity contribution in [2.45, 2.75) is 15.2 Å². The van der Waals surface area contributed by atoms with Gasteiger partial charge in [0, 0.05) is 37.3 Å². The van der Waals surface area contributed by atoms with Crippen LogP contribution in [0.5, 0.6) is 0 Å². The molecular weight excluding hydrogens is 715 g/mol. The Labute approximate surface area is 333 Å². The van der Waals surface area contributed by atoms with E-state index in [0.29, 0.717) is 17.5 Å². The third-order valence-electron chi connectivity index (χ3n) is 11.6. The molecular formula is C52H31N3OS. The number of rotatable bonds is 4. The number of aromatic nitrogens is 3. The van der Waals surface area contributed by atoms with Gasteiger partial charge in [-0.05, 0) is 74.8 Å². The van der Waals surface area contributed by atoms with E-state index in [4.69, 9.17) is 19.4 Å². The van der Waals surface area contributed by atoms with Crippen LogP contribution in [0.25, 0.3) is 78.4 Å². The highest BCUT2D eigenvalue weighted by molar-refractivity contribution is 7.99. The molecule has 0 atom stereocenters. The van der Waals surface area contributed by atoms with Crippen LogP contribution in [0.15, 0.2) is 202 Å². The maximum absolute atomic E-state index is 6.49. The van der Waals surface area contributed by atoms with E-state index in [9.17, 15) is 0 Å². The van der Waals surface area contributed by atoms with Gasteiger partial charge in [-0.15, -0.1) is 0 Å². The third kappa shape index (κ3) is 4.79. The molecule has 0 fully saturated rings. The van der Waals surface area contributed by atoms with Crippen LogP contribution in [0.2, 0.25) is 0 Å². The lowest BCUT2D eigenvalue weighted by Gasteiger charge is -2.39. The second-order valence-electron chi connectivity index (χ2n) is 14.7. The molecule has 3 heterocycles. The number of furan rings is 1. The summed E-state index contributed by atoms with van der Waals surface area (Å²) in [6.07, 6.45) is 0. The van der Waals surface area contributed by atoms with Gasteiger partial charge in [0.25, 0.3) is 0 Å². The van der Waals surface area contributed by atoms with Crippen molar-refractivity contribution >= 4 is 33.7 Å². The van der Waals surface area contributed by atoms with E-state index in [0.717, 1.165) is 44.4 Å². The topological polar surface area (TPSA) is 51.8 Å². The van der Waals surface area contributed by atoms with Crippen LogP contribution in [-0.2, 0) is 5.41 Å². The molecule has 4 nitrogen and oxygen atoms in total. The molecule has 2 aliphatic rings. The molecule has 0 saturated heterocycles. The second-order valence-corrected chi connectivity index (χ2v) is 15.8. The van der Waals surface area contributed by atoms with Crippen molar-refractivity contribution in [1.82, 2.24) is 15.0 Å². The zero-order valence-corrected chi connectivity index (χ0v) is 31.4. The Morgan fingerprint density at radius 2 is 0.912 bits per heavy atom. The molecule has 1 spiro atoms. The fourth-order valence-electron chi connectivity index (χ4n) is 9.13. The van der Waals surface area contributed by atoms with E-state index < -0.39 is 5.41 Å². The van der Waals surface area contributed by atoms with Crippen LogP contribution < -0.4 is 0 Å². The number of para-hydroxylation sites is 1. The molecule has 0 amide bonds. The van der Waals surface area contributed by atoms with Crippen molar-refractivity contribution < 1.29 is 4.42 Å². The zero-order valence-electron chi connectivity index (χ0n) is 30.6. The summed E-state index contributed by atoms with van der Waals surface area (Å²) < 4.78 is 6.49. The first-order chi connectivity index (χ1) is 28.2. The van der Waals surface area contributed by atoms with Crippen molar-refractivity contribution in [3.8, 4) is 56.4 Å². The SMILES string of the molecule is c1ccc(-c2nc(-c3ccccc3)nc(-c3ccc(-c4ccc5c(c4)C4(c6ccccc6Sc6ccccc64)c4ccc6oc7ccccc7c6c4-5)cc3)n2)cc1. The minimum atomic E-state index is -0.516. The first kappa shape index (κ1) is 32.2. The summed E-state index contributed by atoms with van der Waals surface area (Å²) in [5.74, 6) is 1.94. The van der Waals surface area contributed by atoms with Crippen LogP contribution in [-0.4, -0.2) is 15.0 Å². The molecule has 2 aromatic heterocycles. The van der Waals surface area contributed by atoms with Crippen molar-refractivity contribution in [3.63, 3.8) is 0 Å². The zero-order chi connectivity index (χ0) is 37.5. The molecule has 0 bridgehead atoms. The number of hydrogen-bond donors (Lipinski definition) is 0. The lowest BCUT2D eigenvalue weighted by Crippen LogP contribution is -2.31. The van der Waals surface area contributed by atoms with Crippen molar-refractivity contribution in [2.75, 3.05) is 0 Å². The Kier molecular flexibility index (Phi) is 7.04. The number of hydrogen-bond acceptors (Lipinski definition) is 5. The Morgan fingerprint density at radius 3 is 1.56 bits per heavy atom. The van der Waals surface area contributed by atoms with Crippen molar-refractivity contribution in [3.05, 3.63) is 210 Å².